The Hall–Kier alpha value is -0.580. The Morgan fingerprint density at radius 2 is 1.64 bits per heavy atom. The molecule has 0 aliphatic rings. The molecule has 0 unspecified atom stereocenters. The summed E-state index contributed by atoms with van der Waals surface area (Å²) >= 11 is 0. The zero-order chi connectivity index (χ0) is 9.28. The van der Waals surface area contributed by atoms with Crippen molar-refractivity contribution in [2.75, 3.05) is 0 Å². The Morgan fingerprint density at radius 3 is 1.73 bits per heavy atom. The first-order valence-electron chi connectivity index (χ1n) is 2.93. The second-order valence-electron chi connectivity index (χ2n) is 2.61. The lowest BCUT2D eigenvalue weighted by Crippen LogP contribution is -2.38. The number of hydrogen-bond acceptors (Lipinski definition) is 2. The fourth-order valence-electron chi connectivity index (χ4n) is 0.361. The van der Waals surface area contributed by atoms with E-state index in [0.717, 1.165) is 20.8 Å². The predicted molar refractivity (Wildman–Crippen MR) is 31.9 cm³/mol. The molecule has 5 heteroatoms. The van der Waals surface area contributed by atoms with Crippen LogP contribution in [0, 0.1) is 0 Å². The third-order valence-corrected chi connectivity index (χ3v) is 1.22. The lowest BCUT2D eigenvalue weighted by molar-refractivity contribution is -0.353. The smallest absolute Gasteiger partial charge is 0.297 e. The molecule has 0 bridgehead atoms. The molecule has 66 valence electrons. The Balaban J connectivity index is 4.25. The monoisotopic (exact) mass is 170 g/mol. The van der Waals surface area contributed by atoms with Gasteiger partial charge in [-0.3, -0.25) is 9.53 Å². The van der Waals surface area contributed by atoms with Crippen molar-refractivity contribution in [1.82, 2.24) is 0 Å². The minimum atomic E-state index is -4.75. The van der Waals surface area contributed by atoms with Crippen LogP contribution >= 0.6 is 0 Å². The third-order valence-electron chi connectivity index (χ3n) is 1.22. The standard InChI is InChI=1S/C6H9F3O2/c1-4(10)5(2,3)11-6(7,8)9/h1-3H3. The Bertz CT molecular complexity index is 160. The van der Waals surface area contributed by atoms with Gasteiger partial charge in [-0.05, 0) is 20.8 Å². The molecule has 0 amide bonds. The maximum absolute atomic E-state index is 11.5. The lowest BCUT2D eigenvalue weighted by atomic mass is 10.1. The highest BCUT2D eigenvalue weighted by atomic mass is 19.4. The topological polar surface area (TPSA) is 26.3 Å². The second-order valence-corrected chi connectivity index (χ2v) is 2.61. The summed E-state index contributed by atoms with van der Waals surface area (Å²) < 4.78 is 38.1. The molecule has 0 spiro atoms. The zero-order valence-corrected chi connectivity index (χ0v) is 6.45. The van der Waals surface area contributed by atoms with Crippen LogP contribution in [0.5, 0.6) is 0 Å². The van der Waals surface area contributed by atoms with Gasteiger partial charge in [0.05, 0.1) is 0 Å². The molecule has 0 aliphatic heterocycles. The SMILES string of the molecule is CC(=O)C(C)(C)OC(F)(F)F. The molecule has 2 nitrogen and oxygen atoms in total. The molecule has 0 rings (SSSR count). The predicted octanol–water partition coefficient (Wildman–Crippen LogP) is 1.89. The number of ketones is 1. The maximum atomic E-state index is 11.5. The molecular formula is C6H9F3O2. The van der Waals surface area contributed by atoms with Crippen LogP contribution in [-0.2, 0) is 9.53 Å². The summed E-state index contributed by atoms with van der Waals surface area (Å²) in [6, 6.07) is 0. The molecule has 0 atom stereocenters. The minimum Gasteiger partial charge on any atom is -0.297 e. The molecule has 0 N–H and O–H groups in total. The second kappa shape index (κ2) is 2.81. The summed E-state index contributed by atoms with van der Waals surface area (Å²) in [5.74, 6) is -0.658. The van der Waals surface area contributed by atoms with Gasteiger partial charge in [-0.25, -0.2) is 0 Å². The van der Waals surface area contributed by atoms with E-state index in [0.29, 0.717) is 0 Å². The largest absolute Gasteiger partial charge is 0.523 e. The van der Waals surface area contributed by atoms with E-state index in [1.54, 1.807) is 0 Å². The van der Waals surface area contributed by atoms with Crippen molar-refractivity contribution in [1.29, 1.82) is 0 Å². The summed E-state index contributed by atoms with van der Waals surface area (Å²) in [5.41, 5.74) is -1.78. The Morgan fingerprint density at radius 1 is 1.27 bits per heavy atom. The quantitative estimate of drug-likeness (QED) is 0.632. The van der Waals surface area contributed by atoms with Gasteiger partial charge in [0.25, 0.3) is 0 Å². The van der Waals surface area contributed by atoms with Crippen LogP contribution in [0.3, 0.4) is 0 Å². The minimum absolute atomic E-state index is 0.658. The lowest BCUT2D eigenvalue weighted by Gasteiger charge is -2.22. The van der Waals surface area contributed by atoms with Crippen molar-refractivity contribution in [3.63, 3.8) is 0 Å². The Kier molecular flexibility index (Phi) is 2.66. The molecule has 0 fully saturated rings. The highest BCUT2D eigenvalue weighted by Gasteiger charge is 2.40. The molecule has 0 heterocycles. The summed E-state index contributed by atoms with van der Waals surface area (Å²) in [4.78, 5) is 10.5. The van der Waals surface area contributed by atoms with Gasteiger partial charge in [0.2, 0.25) is 0 Å². The van der Waals surface area contributed by atoms with Crippen molar-refractivity contribution in [2.45, 2.75) is 32.7 Å². The zero-order valence-electron chi connectivity index (χ0n) is 6.45. The summed E-state index contributed by atoms with van der Waals surface area (Å²) in [5, 5.41) is 0. The summed E-state index contributed by atoms with van der Waals surface area (Å²) in [6.45, 7) is 3.19. The molecule has 0 radical (unpaired) electrons. The highest BCUT2D eigenvalue weighted by Crippen LogP contribution is 2.25. The van der Waals surface area contributed by atoms with Gasteiger partial charge < -0.3 is 0 Å². The van der Waals surface area contributed by atoms with Crippen molar-refractivity contribution in [2.24, 2.45) is 0 Å². The van der Waals surface area contributed by atoms with Gasteiger partial charge in [-0.1, -0.05) is 0 Å². The molecule has 0 aromatic carbocycles. The first-order chi connectivity index (χ1) is 4.65. The third kappa shape index (κ3) is 3.98. The number of Topliss-reactive ketones (excluding diaryl/α,β-unsaturated/α-hetero) is 1. The van der Waals surface area contributed by atoms with E-state index in [9.17, 15) is 18.0 Å². The molecule has 0 aliphatic carbocycles. The van der Waals surface area contributed by atoms with Crippen LogP contribution < -0.4 is 0 Å². The van der Waals surface area contributed by atoms with Crippen LogP contribution in [0.4, 0.5) is 13.2 Å². The van der Waals surface area contributed by atoms with E-state index >= 15 is 0 Å². The fourth-order valence-corrected chi connectivity index (χ4v) is 0.361. The molecule has 0 aromatic heterocycles. The van der Waals surface area contributed by atoms with E-state index in [-0.39, 0.29) is 0 Å². The summed E-state index contributed by atoms with van der Waals surface area (Å²) in [7, 11) is 0. The normalized spacial score (nSPS) is 13.3. The van der Waals surface area contributed by atoms with Crippen molar-refractivity contribution >= 4 is 5.78 Å². The van der Waals surface area contributed by atoms with E-state index in [1.807, 2.05) is 0 Å². The maximum Gasteiger partial charge on any atom is 0.523 e. The Labute approximate surface area is 62.3 Å². The fraction of sp³-hybridized carbons (Fsp3) is 0.833. The van der Waals surface area contributed by atoms with E-state index in [1.165, 1.54) is 0 Å². The van der Waals surface area contributed by atoms with Gasteiger partial charge in [0.1, 0.15) is 5.60 Å². The number of alkyl halides is 3. The van der Waals surface area contributed by atoms with Crippen LogP contribution in [0.15, 0.2) is 0 Å². The van der Waals surface area contributed by atoms with Gasteiger partial charge >= 0.3 is 6.36 Å². The van der Waals surface area contributed by atoms with Crippen LogP contribution in [0.1, 0.15) is 20.8 Å². The van der Waals surface area contributed by atoms with Crippen LogP contribution in [-0.4, -0.2) is 17.7 Å². The van der Waals surface area contributed by atoms with Gasteiger partial charge in [-0.2, -0.15) is 0 Å². The number of rotatable bonds is 2. The number of hydrogen-bond donors (Lipinski definition) is 0. The van der Waals surface area contributed by atoms with Crippen molar-refractivity contribution in [3.8, 4) is 0 Å². The van der Waals surface area contributed by atoms with Crippen LogP contribution in [0.2, 0.25) is 0 Å². The highest BCUT2D eigenvalue weighted by molar-refractivity contribution is 5.83. The average Bonchev–Trinajstić information content (AvgIpc) is 1.56. The molecule has 0 saturated heterocycles. The molecule has 11 heavy (non-hydrogen) atoms. The van der Waals surface area contributed by atoms with E-state index in [2.05, 4.69) is 4.74 Å². The van der Waals surface area contributed by atoms with E-state index < -0.39 is 17.7 Å². The first-order valence-corrected chi connectivity index (χ1v) is 2.93. The van der Waals surface area contributed by atoms with Gasteiger partial charge in [0.15, 0.2) is 5.78 Å². The molecular weight excluding hydrogens is 161 g/mol. The molecule has 0 aromatic rings. The average molecular weight is 170 g/mol. The van der Waals surface area contributed by atoms with Crippen molar-refractivity contribution < 1.29 is 22.7 Å². The number of ether oxygens (including phenoxy) is 1. The number of carbonyl (C=O) groups is 1. The first kappa shape index (κ1) is 10.4. The van der Waals surface area contributed by atoms with Gasteiger partial charge in [-0.15, -0.1) is 13.2 Å². The van der Waals surface area contributed by atoms with Gasteiger partial charge in [0, 0.05) is 0 Å². The van der Waals surface area contributed by atoms with E-state index in [4.69, 9.17) is 0 Å². The summed E-state index contributed by atoms with van der Waals surface area (Å²) in [6.07, 6.45) is -4.75. The van der Waals surface area contributed by atoms with Crippen molar-refractivity contribution in [3.05, 3.63) is 0 Å². The van der Waals surface area contributed by atoms with Crippen LogP contribution in [0.25, 0.3) is 0 Å². The molecule has 0 saturated carbocycles. The number of halogens is 3. The number of carbonyl (C=O) groups excluding carboxylic acids is 1.